The van der Waals surface area contributed by atoms with Gasteiger partial charge in [-0.2, -0.15) is 0 Å². The van der Waals surface area contributed by atoms with Crippen molar-refractivity contribution in [1.82, 2.24) is 0 Å². The molecule has 42 valence electrons. The van der Waals surface area contributed by atoms with Crippen LogP contribution in [0.4, 0.5) is 0 Å². The molecule has 0 aromatic rings. The molecule has 0 aliphatic carbocycles. The fourth-order valence-corrected chi connectivity index (χ4v) is 0. The molecule has 0 saturated carbocycles. The zero-order chi connectivity index (χ0) is 6.50. The van der Waals surface area contributed by atoms with Gasteiger partial charge in [-0.1, -0.05) is 0 Å². The molecule has 0 bridgehead atoms. The summed E-state index contributed by atoms with van der Waals surface area (Å²) in [5.74, 6) is 0. The Morgan fingerprint density at radius 3 is 1.12 bits per heavy atom. The van der Waals surface area contributed by atoms with Crippen LogP contribution in [-0.4, -0.2) is 0 Å². The van der Waals surface area contributed by atoms with Gasteiger partial charge >= 0.3 is 104 Å². The van der Waals surface area contributed by atoms with Crippen LogP contribution in [0.25, 0.3) is 0 Å². The summed E-state index contributed by atoms with van der Waals surface area (Å²) in [6.07, 6.45) is 0. The summed E-state index contributed by atoms with van der Waals surface area (Å²) in [7, 11) is 0. The van der Waals surface area contributed by atoms with E-state index in [1.54, 1.807) is 0 Å². The van der Waals surface area contributed by atoms with Gasteiger partial charge in [-0.3, -0.25) is 0 Å². The summed E-state index contributed by atoms with van der Waals surface area (Å²) in [6, 6.07) is 0. The molecule has 5 nitrogen and oxygen atoms in total. The molecule has 0 rings (SSSR count). The first-order valence-electron chi connectivity index (χ1n) is 0.821. The molecule has 0 saturated heterocycles. The molecular formula is KMnO5Ti. The first-order valence-corrected chi connectivity index (χ1v) is 3.39. The predicted octanol–water partition coefficient (Wildman–Crippen LogP) is -4.67. The van der Waals surface area contributed by atoms with Crippen LogP contribution in [-0.2, 0) is 48.2 Å². The molecule has 8 heavy (non-hydrogen) atoms. The molecule has 0 N–H and O–H groups in total. The van der Waals surface area contributed by atoms with E-state index >= 15 is 0 Å². The topological polar surface area (TPSA) is 91.3 Å². The third kappa shape index (κ3) is 96.3. The molecule has 8 heteroatoms. The van der Waals surface area contributed by atoms with Crippen LogP contribution in [0.1, 0.15) is 0 Å². The molecule has 0 heterocycles. The quantitative estimate of drug-likeness (QED) is 0.384. The van der Waals surface area contributed by atoms with Crippen molar-refractivity contribution < 1.29 is 104 Å². The van der Waals surface area contributed by atoms with E-state index < -0.39 is 13.0 Å². The zero-order valence-corrected chi connectivity index (χ0v) is 9.78. The van der Waals surface area contributed by atoms with Crippen molar-refractivity contribution in [3.63, 3.8) is 0 Å². The average molecular weight is 222 g/mol. The van der Waals surface area contributed by atoms with Gasteiger partial charge in [0.1, 0.15) is 0 Å². The second-order valence-corrected chi connectivity index (χ2v) is 1.56. The summed E-state index contributed by atoms with van der Waals surface area (Å²) in [5, 5.41) is 0. The maximum absolute atomic E-state index is 8.58. The van der Waals surface area contributed by atoms with Crippen molar-refractivity contribution >= 4 is 0 Å². The van der Waals surface area contributed by atoms with Crippen LogP contribution in [0.3, 0.4) is 0 Å². The monoisotopic (exact) mass is 222 g/mol. The molecule has 0 amide bonds. The summed E-state index contributed by atoms with van der Waals surface area (Å²) >= 11 is -4.88. The van der Waals surface area contributed by atoms with Crippen LogP contribution in [0.2, 0.25) is 0 Å². The number of hydrogen-bond acceptors (Lipinski definition) is 5. The molecule has 0 radical (unpaired) electrons. The third-order valence-electron chi connectivity index (χ3n) is 0. The summed E-state index contributed by atoms with van der Waals surface area (Å²) in [4.78, 5) is 0. The fraction of sp³-hybridized carbons (Fsp3) is 0. The summed E-state index contributed by atoms with van der Waals surface area (Å²) in [6.45, 7) is 0. The molecule has 0 aliphatic heterocycles. The maximum atomic E-state index is 8.58. The molecule has 0 spiro atoms. The van der Waals surface area contributed by atoms with E-state index in [4.69, 9.17) is 19.0 Å². The normalized spacial score (nSPS) is 7.50. The van der Waals surface area contributed by atoms with Crippen molar-refractivity contribution in [3.8, 4) is 0 Å². The van der Waals surface area contributed by atoms with E-state index in [0.29, 0.717) is 0 Å². The second kappa shape index (κ2) is 9.03. The zero-order valence-electron chi connectivity index (χ0n) is 3.92. The molecular weight excluding hydrogens is 222 g/mol. The molecule has 0 atom stereocenters. The van der Waals surface area contributed by atoms with Gasteiger partial charge in [-0.15, -0.1) is 0 Å². The van der Waals surface area contributed by atoms with Crippen LogP contribution in [0.5, 0.6) is 0 Å². The predicted molar refractivity (Wildman–Crippen MR) is 2.75 cm³/mol. The van der Waals surface area contributed by atoms with E-state index in [2.05, 4.69) is 0 Å². The van der Waals surface area contributed by atoms with E-state index in [0.717, 1.165) is 20.4 Å². The molecule has 0 aromatic carbocycles. The van der Waals surface area contributed by atoms with Crippen molar-refractivity contribution in [1.29, 1.82) is 0 Å². The van der Waals surface area contributed by atoms with Gasteiger partial charge in [-0.25, -0.2) is 0 Å². The van der Waals surface area contributed by atoms with Gasteiger partial charge < -0.3 is 0 Å². The van der Waals surface area contributed by atoms with Gasteiger partial charge in [0.15, 0.2) is 0 Å². The number of hydrogen-bond donors (Lipinski definition) is 0. The van der Waals surface area contributed by atoms with Crippen molar-refractivity contribution in [3.05, 3.63) is 0 Å². The Balaban J connectivity index is -0.0000000750. The van der Waals surface area contributed by atoms with E-state index in [1.807, 2.05) is 0 Å². The van der Waals surface area contributed by atoms with Crippen molar-refractivity contribution in [2.75, 3.05) is 0 Å². The van der Waals surface area contributed by atoms with E-state index in [9.17, 15) is 0 Å². The Hall–Kier alpha value is 2.03. The SMILES string of the molecule is [K+].[O]=[Mn](=[O])(=[O])[O-].[O]=[Ti]. The fourth-order valence-electron chi connectivity index (χ4n) is 0. The molecule has 0 aliphatic rings. The summed E-state index contributed by atoms with van der Waals surface area (Å²) < 4.78 is 42.6. The van der Waals surface area contributed by atoms with Gasteiger partial charge in [0.05, 0.1) is 0 Å². The Morgan fingerprint density at radius 2 is 1.12 bits per heavy atom. The first kappa shape index (κ1) is 16.5. The standard InChI is InChI=1S/K.Mn.5O.Ti/q+1;;;;;;-1;. The first-order chi connectivity index (χ1) is 3.00. The van der Waals surface area contributed by atoms with Crippen LogP contribution in [0.15, 0.2) is 0 Å². The van der Waals surface area contributed by atoms with Gasteiger partial charge in [0, 0.05) is 0 Å². The average Bonchev–Trinajstić information content (AvgIpc) is 1.36. The third-order valence-corrected chi connectivity index (χ3v) is 0. The molecule has 0 fully saturated rings. The minimum absolute atomic E-state index is 0. The van der Waals surface area contributed by atoms with Crippen molar-refractivity contribution in [2.45, 2.75) is 0 Å². The Bertz CT molecular complexity index is 145. The Morgan fingerprint density at radius 1 is 1.12 bits per heavy atom. The Kier molecular flexibility index (Phi) is 18.7. The van der Waals surface area contributed by atoms with E-state index in [-0.39, 0.29) is 51.4 Å². The number of rotatable bonds is 0. The second-order valence-electron chi connectivity index (χ2n) is 0.378. The van der Waals surface area contributed by atoms with E-state index in [1.165, 1.54) is 0 Å². The van der Waals surface area contributed by atoms with Crippen LogP contribution < -0.4 is 55.6 Å². The van der Waals surface area contributed by atoms with Crippen LogP contribution >= 0.6 is 0 Å². The summed E-state index contributed by atoms with van der Waals surface area (Å²) in [5.41, 5.74) is 0. The minimum atomic E-state index is -5.62. The van der Waals surface area contributed by atoms with Gasteiger partial charge in [-0.05, 0) is 0 Å². The Labute approximate surface area is 102 Å². The van der Waals surface area contributed by atoms with Crippen molar-refractivity contribution in [2.24, 2.45) is 0 Å². The molecule has 0 aromatic heterocycles. The van der Waals surface area contributed by atoms with Crippen LogP contribution in [0, 0.1) is 0 Å². The van der Waals surface area contributed by atoms with Gasteiger partial charge in [0.2, 0.25) is 0 Å². The van der Waals surface area contributed by atoms with Gasteiger partial charge in [0.25, 0.3) is 0 Å². The molecule has 0 unspecified atom stereocenters.